The van der Waals surface area contributed by atoms with Gasteiger partial charge in [0.1, 0.15) is 0 Å². The van der Waals surface area contributed by atoms with Gasteiger partial charge in [-0.15, -0.1) is 11.8 Å². The second kappa shape index (κ2) is 8.90. The van der Waals surface area contributed by atoms with E-state index in [-0.39, 0.29) is 11.8 Å². The first-order chi connectivity index (χ1) is 14.8. The van der Waals surface area contributed by atoms with E-state index in [9.17, 15) is 13.2 Å². The van der Waals surface area contributed by atoms with Gasteiger partial charge < -0.3 is 4.57 Å². The van der Waals surface area contributed by atoms with Gasteiger partial charge in [-0.25, -0.2) is 8.42 Å². The maximum Gasteiger partial charge on any atom is 0.251 e. The van der Waals surface area contributed by atoms with Gasteiger partial charge in [-0.05, 0) is 55.9 Å². The lowest BCUT2D eigenvalue weighted by Crippen LogP contribution is -2.40. The number of amides is 1. The van der Waals surface area contributed by atoms with Gasteiger partial charge in [-0.3, -0.25) is 4.79 Å². The Bertz CT molecular complexity index is 1300. The van der Waals surface area contributed by atoms with Crippen LogP contribution in [-0.4, -0.2) is 42.5 Å². The van der Waals surface area contributed by atoms with Crippen LogP contribution in [0, 0.1) is 12.8 Å². The first-order valence-electron chi connectivity index (χ1n) is 10.1. The van der Waals surface area contributed by atoms with Crippen LogP contribution in [-0.2, 0) is 21.9 Å². The van der Waals surface area contributed by atoms with Crippen LogP contribution in [0.2, 0.25) is 0 Å². The molecule has 0 radical (unpaired) electrons. The number of rotatable bonds is 4. The summed E-state index contributed by atoms with van der Waals surface area (Å²) in [5.74, 6) is -0.422. The predicted octanol–water partition coefficient (Wildman–Crippen LogP) is 3.80. The number of fused-ring (bicyclic) bond motifs is 1. The number of nitrogens with zero attached hydrogens (tertiary/aromatic N) is 3. The van der Waals surface area contributed by atoms with Crippen molar-refractivity contribution in [3.63, 3.8) is 0 Å². The fourth-order valence-corrected chi connectivity index (χ4v) is 7.56. The minimum absolute atomic E-state index is 0.166. The molecule has 0 unspecified atom stereocenters. The van der Waals surface area contributed by atoms with Gasteiger partial charge in [0.25, 0.3) is 5.91 Å². The highest BCUT2D eigenvalue weighted by molar-refractivity contribution is 7.99. The normalized spacial score (nSPS) is 16.8. The molecule has 1 aliphatic rings. The number of hydrogen-bond acceptors (Lipinski definition) is 5. The van der Waals surface area contributed by atoms with Gasteiger partial charge in [0.2, 0.25) is 10.0 Å². The van der Waals surface area contributed by atoms with E-state index < -0.39 is 10.0 Å². The third kappa shape index (κ3) is 4.37. The average Bonchev–Trinajstić information content (AvgIpc) is 3.07. The third-order valence-corrected chi connectivity index (χ3v) is 9.64. The van der Waals surface area contributed by atoms with Gasteiger partial charge in [0, 0.05) is 31.0 Å². The minimum Gasteiger partial charge on any atom is -0.319 e. The highest BCUT2D eigenvalue weighted by Gasteiger charge is 2.33. The number of sulfonamides is 1. The Morgan fingerprint density at radius 3 is 2.58 bits per heavy atom. The van der Waals surface area contributed by atoms with Crippen molar-refractivity contribution in [1.29, 1.82) is 0 Å². The summed E-state index contributed by atoms with van der Waals surface area (Å²) in [6.07, 6.45) is 2.84. The second-order valence-corrected chi connectivity index (χ2v) is 11.5. The molecule has 3 aromatic rings. The molecule has 164 valence electrons. The van der Waals surface area contributed by atoms with Crippen molar-refractivity contribution in [2.45, 2.75) is 29.6 Å². The molecule has 1 amide bonds. The van der Waals surface area contributed by atoms with Crippen LogP contribution in [0.25, 0.3) is 10.2 Å². The monoisotopic (exact) mass is 475 g/mol. The van der Waals surface area contributed by atoms with Crippen molar-refractivity contribution < 1.29 is 13.2 Å². The maximum absolute atomic E-state index is 13.1. The molecule has 2 aromatic carbocycles. The number of aryl methyl sites for hydroxylation is 2. The molecule has 0 saturated carbocycles. The summed E-state index contributed by atoms with van der Waals surface area (Å²) in [4.78, 5) is 19.0. The zero-order valence-electron chi connectivity index (χ0n) is 17.7. The van der Waals surface area contributed by atoms with Crippen molar-refractivity contribution in [1.82, 2.24) is 8.87 Å². The van der Waals surface area contributed by atoms with E-state index in [0.29, 0.717) is 35.6 Å². The fourth-order valence-electron chi connectivity index (χ4n) is 3.85. The lowest BCUT2D eigenvalue weighted by Gasteiger charge is -2.30. The molecule has 0 N–H and O–H groups in total. The molecule has 4 rings (SSSR count). The van der Waals surface area contributed by atoms with Gasteiger partial charge in [-0.2, -0.15) is 9.30 Å². The fraction of sp³-hybridized carbons (Fsp3) is 0.364. The van der Waals surface area contributed by atoms with Crippen molar-refractivity contribution >= 4 is 49.2 Å². The van der Waals surface area contributed by atoms with E-state index >= 15 is 0 Å². The summed E-state index contributed by atoms with van der Waals surface area (Å²) in [6, 6.07) is 13.2. The number of aromatic nitrogens is 1. The quantitative estimate of drug-likeness (QED) is 0.538. The standard InChI is InChI=1S/C22H25N3O3S3/c1-15-8-9-17-19(14-15)30-22(24(17)2)23-21(26)16-10-12-25(13-11-16)31(27,28)20-7-5-4-6-18(20)29-3/h4-9,14,16H,10-13H2,1-3H3. The van der Waals surface area contributed by atoms with Crippen LogP contribution in [0.5, 0.6) is 0 Å². The highest BCUT2D eigenvalue weighted by atomic mass is 32.2. The van der Waals surface area contributed by atoms with Crippen molar-refractivity contribution in [3.8, 4) is 0 Å². The number of thiazole rings is 1. The molecule has 1 aliphatic heterocycles. The second-order valence-electron chi connectivity index (χ2n) is 7.69. The minimum atomic E-state index is -3.57. The van der Waals surface area contributed by atoms with E-state index in [1.165, 1.54) is 33.0 Å². The molecule has 6 nitrogen and oxygen atoms in total. The summed E-state index contributed by atoms with van der Waals surface area (Å²) >= 11 is 2.92. The van der Waals surface area contributed by atoms with Crippen LogP contribution in [0.3, 0.4) is 0 Å². The Morgan fingerprint density at radius 2 is 1.87 bits per heavy atom. The van der Waals surface area contributed by atoms with E-state index in [2.05, 4.69) is 11.1 Å². The molecule has 2 heterocycles. The van der Waals surface area contributed by atoms with E-state index in [0.717, 1.165) is 15.1 Å². The molecular weight excluding hydrogens is 450 g/mol. The van der Waals surface area contributed by atoms with Crippen molar-refractivity contribution in [3.05, 3.63) is 52.8 Å². The molecular formula is C22H25N3O3S3. The predicted molar refractivity (Wildman–Crippen MR) is 126 cm³/mol. The van der Waals surface area contributed by atoms with Crippen LogP contribution >= 0.6 is 23.1 Å². The largest absolute Gasteiger partial charge is 0.319 e. The molecule has 31 heavy (non-hydrogen) atoms. The summed E-state index contributed by atoms with van der Waals surface area (Å²) in [7, 11) is -1.66. The first-order valence-corrected chi connectivity index (χ1v) is 13.6. The third-order valence-electron chi connectivity index (χ3n) is 5.66. The smallest absolute Gasteiger partial charge is 0.251 e. The molecule has 0 bridgehead atoms. The highest BCUT2D eigenvalue weighted by Crippen LogP contribution is 2.30. The number of carbonyl (C=O) groups is 1. The Balaban J connectivity index is 1.51. The topological polar surface area (TPSA) is 71.7 Å². The van der Waals surface area contributed by atoms with Crippen LogP contribution in [0.4, 0.5) is 0 Å². The Hall–Kier alpha value is -1.94. The lowest BCUT2D eigenvalue weighted by molar-refractivity contribution is -0.122. The van der Waals surface area contributed by atoms with Crippen molar-refractivity contribution in [2.75, 3.05) is 19.3 Å². The summed E-state index contributed by atoms with van der Waals surface area (Å²) in [5, 5.41) is 0. The Morgan fingerprint density at radius 1 is 1.16 bits per heavy atom. The molecule has 0 spiro atoms. The Kier molecular flexibility index (Phi) is 6.39. The molecule has 0 atom stereocenters. The number of carbonyl (C=O) groups excluding carboxylic acids is 1. The van der Waals surface area contributed by atoms with E-state index in [1.54, 1.807) is 12.1 Å². The van der Waals surface area contributed by atoms with Crippen LogP contribution in [0.1, 0.15) is 18.4 Å². The van der Waals surface area contributed by atoms with E-state index in [4.69, 9.17) is 0 Å². The summed E-state index contributed by atoms with van der Waals surface area (Å²) < 4.78 is 30.8. The van der Waals surface area contributed by atoms with Crippen LogP contribution < -0.4 is 4.80 Å². The summed E-state index contributed by atoms with van der Waals surface area (Å²) in [6.45, 7) is 2.70. The number of benzene rings is 2. The Labute approximate surface area is 190 Å². The lowest BCUT2D eigenvalue weighted by atomic mass is 9.98. The number of piperidine rings is 1. The molecule has 1 fully saturated rings. The average molecular weight is 476 g/mol. The van der Waals surface area contributed by atoms with Crippen LogP contribution in [0.15, 0.2) is 57.2 Å². The zero-order chi connectivity index (χ0) is 22.2. The maximum atomic E-state index is 13.1. The number of thioether (sulfide) groups is 1. The SMILES string of the molecule is CSc1ccccc1S(=O)(=O)N1CCC(C(=O)N=c2sc3cc(C)ccc3n2C)CC1. The summed E-state index contributed by atoms with van der Waals surface area (Å²) in [5.41, 5.74) is 2.22. The van der Waals surface area contributed by atoms with Gasteiger partial charge in [-0.1, -0.05) is 29.5 Å². The molecule has 0 aliphatic carbocycles. The van der Waals surface area contributed by atoms with Gasteiger partial charge >= 0.3 is 0 Å². The van der Waals surface area contributed by atoms with Gasteiger partial charge in [0.05, 0.1) is 15.1 Å². The zero-order valence-corrected chi connectivity index (χ0v) is 20.2. The molecule has 1 saturated heterocycles. The van der Waals surface area contributed by atoms with E-state index in [1.807, 2.05) is 49.1 Å². The number of hydrogen-bond donors (Lipinski definition) is 0. The first kappa shape index (κ1) is 22.3. The van der Waals surface area contributed by atoms with Crippen molar-refractivity contribution in [2.24, 2.45) is 18.0 Å². The molecule has 9 heteroatoms. The van der Waals surface area contributed by atoms with Gasteiger partial charge in [0.15, 0.2) is 4.80 Å². The molecule has 1 aromatic heterocycles.